The maximum absolute atomic E-state index is 12.9. The van der Waals surface area contributed by atoms with Gasteiger partial charge in [-0.05, 0) is 17.5 Å². The molecular weight excluding hydrogens is 253 g/mol. The fraction of sp³-hybridized carbons (Fsp3) is 0.571. The number of hydrogen-bond donors (Lipinski definition) is 0. The Morgan fingerprint density at radius 2 is 1.74 bits per heavy atom. The first-order chi connectivity index (χ1) is 8.48. The average Bonchev–Trinajstić information content (AvgIpc) is 2.24. The van der Waals surface area contributed by atoms with Crippen molar-refractivity contribution in [2.75, 3.05) is 0 Å². The first-order valence-corrected chi connectivity index (χ1v) is 6.01. The van der Waals surface area contributed by atoms with Crippen molar-refractivity contribution in [2.45, 2.75) is 52.1 Å². The number of alkyl halides is 3. The summed E-state index contributed by atoms with van der Waals surface area (Å²) in [5, 5.41) is 9.23. The second-order valence-electron chi connectivity index (χ2n) is 5.83. The minimum atomic E-state index is -4.50. The summed E-state index contributed by atoms with van der Waals surface area (Å²) in [4.78, 5) is 3.68. The van der Waals surface area contributed by atoms with Crippen molar-refractivity contribution in [3.8, 4) is 6.07 Å². The third kappa shape index (κ3) is 3.25. The Morgan fingerprint density at radius 3 is 2.05 bits per heavy atom. The summed E-state index contributed by atoms with van der Waals surface area (Å²) in [7, 11) is 0. The third-order valence-electron chi connectivity index (χ3n) is 2.78. The number of pyridine rings is 1. The van der Waals surface area contributed by atoms with Gasteiger partial charge in [-0.25, -0.2) is 4.98 Å². The Hall–Kier alpha value is -1.57. The second-order valence-corrected chi connectivity index (χ2v) is 5.83. The van der Waals surface area contributed by atoms with Crippen LogP contribution in [0.5, 0.6) is 0 Å². The predicted molar refractivity (Wildman–Crippen MR) is 66.7 cm³/mol. The van der Waals surface area contributed by atoms with Crippen LogP contribution in [0.1, 0.15) is 63.1 Å². The first kappa shape index (κ1) is 15.5. The van der Waals surface area contributed by atoms with Crippen LogP contribution in [-0.2, 0) is 11.6 Å². The maximum Gasteiger partial charge on any atom is 0.433 e. The van der Waals surface area contributed by atoms with Crippen LogP contribution in [0, 0.1) is 11.3 Å². The molecule has 0 aliphatic carbocycles. The highest BCUT2D eigenvalue weighted by Gasteiger charge is 2.36. The van der Waals surface area contributed by atoms with Gasteiger partial charge in [-0.2, -0.15) is 18.4 Å². The Morgan fingerprint density at radius 1 is 1.21 bits per heavy atom. The third-order valence-corrected chi connectivity index (χ3v) is 2.78. The van der Waals surface area contributed by atoms with Crippen LogP contribution in [-0.4, -0.2) is 4.98 Å². The predicted octanol–water partition coefficient (Wildman–Crippen LogP) is 4.39. The van der Waals surface area contributed by atoms with E-state index in [2.05, 4.69) is 4.98 Å². The lowest BCUT2D eigenvalue weighted by Crippen LogP contribution is -2.21. The van der Waals surface area contributed by atoms with Gasteiger partial charge in [0, 0.05) is 5.41 Å². The van der Waals surface area contributed by atoms with Gasteiger partial charge in [-0.1, -0.05) is 34.6 Å². The normalized spacial score (nSPS) is 12.6. The zero-order chi connectivity index (χ0) is 15.0. The minimum absolute atomic E-state index is 0.167. The molecule has 1 aromatic heterocycles. The van der Waals surface area contributed by atoms with E-state index in [0.29, 0.717) is 5.56 Å². The van der Waals surface area contributed by atoms with Crippen LogP contribution in [0.4, 0.5) is 13.2 Å². The summed E-state index contributed by atoms with van der Waals surface area (Å²) >= 11 is 0. The molecule has 0 spiro atoms. The van der Waals surface area contributed by atoms with Gasteiger partial charge in [0.25, 0.3) is 0 Å². The lowest BCUT2D eigenvalue weighted by Gasteiger charge is -2.23. The van der Waals surface area contributed by atoms with Crippen molar-refractivity contribution in [1.29, 1.82) is 5.26 Å². The van der Waals surface area contributed by atoms with Crippen LogP contribution in [0.15, 0.2) is 6.07 Å². The van der Waals surface area contributed by atoms with Crippen molar-refractivity contribution >= 4 is 0 Å². The van der Waals surface area contributed by atoms with Crippen LogP contribution in [0.2, 0.25) is 0 Å². The van der Waals surface area contributed by atoms with Crippen LogP contribution in [0.3, 0.4) is 0 Å². The van der Waals surface area contributed by atoms with E-state index in [1.807, 2.05) is 6.07 Å². The molecule has 0 N–H and O–H groups in total. The summed E-state index contributed by atoms with van der Waals surface area (Å²) in [6.07, 6.45) is -4.50. The number of nitriles is 1. The van der Waals surface area contributed by atoms with Gasteiger partial charge in [0.2, 0.25) is 0 Å². The van der Waals surface area contributed by atoms with Gasteiger partial charge in [-0.15, -0.1) is 0 Å². The van der Waals surface area contributed by atoms with E-state index in [-0.39, 0.29) is 17.2 Å². The van der Waals surface area contributed by atoms with Gasteiger partial charge in [-0.3, -0.25) is 0 Å². The van der Waals surface area contributed by atoms with Gasteiger partial charge >= 0.3 is 6.18 Å². The van der Waals surface area contributed by atoms with Crippen LogP contribution >= 0.6 is 0 Å². The molecule has 0 fully saturated rings. The molecule has 0 aromatic carbocycles. The monoisotopic (exact) mass is 270 g/mol. The minimum Gasteiger partial charge on any atom is -0.246 e. The largest absolute Gasteiger partial charge is 0.433 e. The number of nitrogens with zero attached hydrogens (tertiary/aromatic N) is 2. The maximum atomic E-state index is 12.9. The highest BCUT2D eigenvalue weighted by molar-refractivity contribution is 5.46. The zero-order valence-corrected chi connectivity index (χ0v) is 11.7. The fourth-order valence-electron chi connectivity index (χ4n) is 1.83. The molecule has 1 heterocycles. The summed E-state index contributed by atoms with van der Waals surface area (Å²) in [6, 6.07) is 2.99. The molecule has 0 aliphatic heterocycles. The molecule has 0 amide bonds. The number of aromatic nitrogens is 1. The summed E-state index contributed by atoms with van der Waals surface area (Å²) in [6.45, 7) is 8.78. The summed E-state index contributed by atoms with van der Waals surface area (Å²) in [5.74, 6) is -0.167. The van der Waals surface area contributed by atoms with Crippen molar-refractivity contribution < 1.29 is 13.2 Å². The van der Waals surface area contributed by atoms with E-state index in [9.17, 15) is 18.4 Å². The van der Waals surface area contributed by atoms with Crippen molar-refractivity contribution in [1.82, 2.24) is 4.98 Å². The van der Waals surface area contributed by atoms with E-state index in [1.54, 1.807) is 34.6 Å². The van der Waals surface area contributed by atoms with E-state index in [0.717, 1.165) is 6.07 Å². The van der Waals surface area contributed by atoms with E-state index in [4.69, 9.17) is 0 Å². The smallest absolute Gasteiger partial charge is 0.246 e. The van der Waals surface area contributed by atoms with Crippen LogP contribution < -0.4 is 0 Å². The molecule has 0 bridgehead atoms. The van der Waals surface area contributed by atoms with Crippen molar-refractivity contribution in [3.05, 3.63) is 28.6 Å². The molecular formula is C14H17F3N2. The Kier molecular flexibility index (Phi) is 3.94. The lowest BCUT2D eigenvalue weighted by atomic mass is 9.84. The molecule has 5 heteroatoms. The second kappa shape index (κ2) is 4.84. The Labute approximate surface area is 111 Å². The lowest BCUT2D eigenvalue weighted by molar-refractivity contribution is -0.141. The molecule has 0 saturated carbocycles. The standard InChI is InChI=1S/C14H17F3N2/c1-8(2)9-6-11(14(15,16)17)19-12(10(9)7-18)13(3,4)5/h6,8H,1-5H3. The van der Waals surface area contributed by atoms with Gasteiger partial charge < -0.3 is 0 Å². The SMILES string of the molecule is CC(C)c1cc(C(F)(F)F)nc(C(C)(C)C)c1C#N. The molecule has 0 atom stereocenters. The summed E-state index contributed by atoms with van der Waals surface area (Å²) < 4.78 is 38.7. The van der Waals surface area contributed by atoms with Gasteiger partial charge in [0.05, 0.1) is 11.3 Å². The molecule has 0 aliphatic rings. The fourth-order valence-corrected chi connectivity index (χ4v) is 1.83. The molecule has 104 valence electrons. The number of halogens is 3. The van der Waals surface area contributed by atoms with E-state index < -0.39 is 17.3 Å². The Balaban J connectivity index is 3.71. The molecule has 0 radical (unpaired) electrons. The summed E-state index contributed by atoms with van der Waals surface area (Å²) in [5.41, 5.74) is -0.686. The highest BCUT2D eigenvalue weighted by Crippen LogP contribution is 2.35. The molecule has 0 unspecified atom stereocenters. The first-order valence-electron chi connectivity index (χ1n) is 6.01. The quantitative estimate of drug-likeness (QED) is 0.758. The molecule has 1 rings (SSSR count). The molecule has 1 aromatic rings. The van der Waals surface area contributed by atoms with Crippen LogP contribution in [0.25, 0.3) is 0 Å². The molecule has 19 heavy (non-hydrogen) atoms. The van der Waals surface area contributed by atoms with E-state index in [1.165, 1.54) is 0 Å². The topological polar surface area (TPSA) is 36.7 Å². The Bertz CT molecular complexity index is 517. The zero-order valence-electron chi connectivity index (χ0n) is 11.7. The molecule has 2 nitrogen and oxygen atoms in total. The number of rotatable bonds is 1. The average molecular weight is 270 g/mol. The highest BCUT2D eigenvalue weighted by atomic mass is 19.4. The van der Waals surface area contributed by atoms with Crippen molar-refractivity contribution in [3.63, 3.8) is 0 Å². The number of hydrogen-bond acceptors (Lipinski definition) is 2. The van der Waals surface area contributed by atoms with Crippen molar-refractivity contribution in [2.24, 2.45) is 0 Å². The molecule has 0 saturated heterocycles. The van der Waals surface area contributed by atoms with Gasteiger partial charge in [0.1, 0.15) is 11.8 Å². The van der Waals surface area contributed by atoms with Gasteiger partial charge in [0.15, 0.2) is 0 Å². The van der Waals surface area contributed by atoms with E-state index >= 15 is 0 Å².